The molecule has 0 unspecified atom stereocenters. The monoisotopic (exact) mass is 366 g/mol. The molecule has 0 aliphatic rings. The lowest BCUT2D eigenvalue weighted by atomic mass is 10.1. The quantitative estimate of drug-likeness (QED) is 0.503. The number of methoxy groups -OCH3 is 1. The van der Waals surface area contributed by atoms with Gasteiger partial charge in [0.25, 0.3) is 5.91 Å². The lowest BCUT2D eigenvalue weighted by Crippen LogP contribution is -2.28. The summed E-state index contributed by atoms with van der Waals surface area (Å²) >= 11 is 1.50. The normalized spacial score (nSPS) is 11.0. The smallest absolute Gasteiger partial charge is 0.337 e. The fraction of sp³-hybridized carbons (Fsp3) is 0.150. The van der Waals surface area contributed by atoms with Crippen molar-refractivity contribution in [3.63, 3.8) is 0 Å². The average Bonchev–Trinajstić information content (AvgIpc) is 3.10. The highest BCUT2D eigenvalue weighted by atomic mass is 32.1. The van der Waals surface area contributed by atoms with Crippen molar-refractivity contribution in [3.8, 4) is 0 Å². The molecule has 0 bridgehead atoms. The standard InChI is InChI=1S/C20H18N2O3S/c1-3-22(20-21-16-6-4-5-7-17(16)26-20)18(23)13-10-14-8-11-15(12-9-14)19(24)25-2/h4-13H,3H2,1-2H3/b13-10+. The second-order valence-electron chi connectivity index (χ2n) is 5.49. The number of likely N-dealkylation sites (N-methyl/N-ethyl adjacent to an activating group) is 1. The fourth-order valence-electron chi connectivity index (χ4n) is 2.47. The number of thiazole rings is 1. The van der Waals surface area contributed by atoms with E-state index in [0.29, 0.717) is 17.2 Å². The van der Waals surface area contributed by atoms with Gasteiger partial charge in [-0.05, 0) is 42.8 Å². The highest BCUT2D eigenvalue weighted by Gasteiger charge is 2.15. The Balaban J connectivity index is 1.76. The van der Waals surface area contributed by atoms with Crippen LogP contribution in [0, 0.1) is 0 Å². The van der Waals surface area contributed by atoms with Crippen LogP contribution in [0.25, 0.3) is 16.3 Å². The van der Waals surface area contributed by atoms with Crippen LogP contribution in [-0.4, -0.2) is 30.5 Å². The number of ether oxygens (including phenoxy) is 1. The summed E-state index contributed by atoms with van der Waals surface area (Å²) in [6.07, 6.45) is 3.24. The number of nitrogens with zero attached hydrogens (tertiary/aromatic N) is 2. The predicted octanol–water partition coefficient (Wildman–Crippen LogP) is 4.15. The number of amides is 1. The van der Waals surface area contributed by atoms with Crippen molar-refractivity contribution in [1.82, 2.24) is 4.98 Å². The molecule has 0 saturated heterocycles. The molecule has 0 aliphatic carbocycles. The molecule has 5 nitrogen and oxygen atoms in total. The zero-order valence-corrected chi connectivity index (χ0v) is 15.3. The Morgan fingerprint density at radius 1 is 1.15 bits per heavy atom. The summed E-state index contributed by atoms with van der Waals surface area (Å²) in [5.41, 5.74) is 2.19. The van der Waals surface area contributed by atoms with Crippen LogP contribution in [0.1, 0.15) is 22.8 Å². The number of aromatic nitrogens is 1. The summed E-state index contributed by atoms with van der Waals surface area (Å²) in [7, 11) is 1.34. The number of hydrogen-bond acceptors (Lipinski definition) is 5. The molecule has 0 N–H and O–H groups in total. The maximum Gasteiger partial charge on any atom is 0.337 e. The van der Waals surface area contributed by atoms with Crippen LogP contribution in [0.5, 0.6) is 0 Å². The van der Waals surface area contributed by atoms with Gasteiger partial charge in [-0.3, -0.25) is 9.69 Å². The molecule has 1 aromatic heterocycles. The van der Waals surface area contributed by atoms with Crippen molar-refractivity contribution in [3.05, 3.63) is 65.7 Å². The number of carbonyl (C=O) groups excluding carboxylic acids is 2. The Labute approximate surface area is 155 Å². The van der Waals surface area contributed by atoms with Crippen LogP contribution >= 0.6 is 11.3 Å². The first-order valence-corrected chi connectivity index (χ1v) is 8.97. The molecule has 0 fully saturated rings. The Morgan fingerprint density at radius 3 is 2.54 bits per heavy atom. The van der Waals surface area contributed by atoms with Crippen LogP contribution in [0.2, 0.25) is 0 Å². The summed E-state index contributed by atoms with van der Waals surface area (Å²) in [6, 6.07) is 14.7. The number of fused-ring (bicyclic) bond motifs is 1. The van der Waals surface area contributed by atoms with Crippen LogP contribution in [0.4, 0.5) is 5.13 Å². The van der Waals surface area contributed by atoms with Crippen LogP contribution in [-0.2, 0) is 9.53 Å². The Bertz CT molecular complexity index is 928. The van der Waals surface area contributed by atoms with E-state index in [-0.39, 0.29) is 11.9 Å². The maximum atomic E-state index is 12.6. The van der Waals surface area contributed by atoms with E-state index in [4.69, 9.17) is 0 Å². The van der Waals surface area contributed by atoms with Gasteiger partial charge in [-0.15, -0.1) is 0 Å². The third-order valence-electron chi connectivity index (χ3n) is 3.85. The van der Waals surface area contributed by atoms with E-state index in [0.717, 1.165) is 15.8 Å². The number of hydrogen-bond donors (Lipinski definition) is 0. The van der Waals surface area contributed by atoms with Crippen LogP contribution < -0.4 is 4.90 Å². The van der Waals surface area contributed by atoms with E-state index >= 15 is 0 Å². The van der Waals surface area contributed by atoms with Gasteiger partial charge in [-0.25, -0.2) is 9.78 Å². The Hall–Kier alpha value is -2.99. The third-order valence-corrected chi connectivity index (χ3v) is 4.91. The molecular weight excluding hydrogens is 348 g/mol. The molecular formula is C20H18N2O3S. The molecule has 2 aromatic carbocycles. The van der Waals surface area contributed by atoms with Gasteiger partial charge in [0.1, 0.15) is 0 Å². The van der Waals surface area contributed by atoms with Crippen molar-refractivity contribution < 1.29 is 14.3 Å². The molecule has 0 atom stereocenters. The SMILES string of the molecule is CCN(C(=O)/C=C/c1ccc(C(=O)OC)cc1)c1nc2ccccc2s1. The molecule has 26 heavy (non-hydrogen) atoms. The van der Waals surface area contributed by atoms with Gasteiger partial charge in [0.15, 0.2) is 5.13 Å². The Morgan fingerprint density at radius 2 is 1.88 bits per heavy atom. The number of anilines is 1. The van der Waals surface area contributed by atoms with Crippen molar-refractivity contribution in [2.75, 3.05) is 18.6 Å². The second kappa shape index (κ2) is 7.93. The lowest BCUT2D eigenvalue weighted by Gasteiger charge is -2.15. The molecule has 1 heterocycles. The van der Waals surface area contributed by atoms with Gasteiger partial charge in [-0.2, -0.15) is 0 Å². The number of rotatable bonds is 5. The number of benzene rings is 2. The molecule has 3 aromatic rings. The molecule has 132 valence electrons. The van der Waals surface area contributed by atoms with Crippen molar-refractivity contribution >= 4 is 44.6 Å². The van der Waals surface area contributed by atoms with E-state index in [2.05, 4.69) is 9.72 Å². The van der Waals surface area contributed by atoms with Crippen molar-refractivity contribution in [2.24, 2.45) is 0 Å². The van der Waals surface area contributed by atoms with E-state index in [1.54, 1.807) is 35.2 Å². The van der Waals surface area contributed by atoms with Crippen LogP contribution in [0.15, 0.2) is 54.6 Å². The van der Waals surface area contributed by atoms with E-state index < -0.39 is 0 Å². The minimum Gasteiger partial charge on any atom is -0.465 e. The summed E-state index contributed by atoms with van der Waals surface area (Å²) in [5, 5.41) is 0.685. The first kappa shape index (κ1) is 17.8. The first-order valence-electron chi connectivity index (χ1n) is 8.16. The van der Waals surface area contributed by atoms with Gasteiger partial charge in [-0.1, -0.05) is 35.6 Å². The molecule has 0 saturated carbocycles. The van der Waals surface area contributed by atoms with E-state index in [1.807, 2.05) is 31.2 Å². The minimum atomic E-state index is -0.385. The molecule has 0 spiro atoms. The average molecular weight is 366 g/mol. The van der Waals surface area contributed by atoms with Gasteiger partial charge in [0.2, 0.25) is 0 Å². The highest BCUT2D eigenvalue weighted by Crippen LogP contribution is 2.28. The topological polar surface area (TPSA) is 59.5 Å². The van der Waals surface area contributed by atoms with Crippen molar-refractivity contribution in [1.29, 1.82) is 0 Å². The van der Waals surface area contributed by atoms with Gasteiger partial charge >= 0.3 is 5.97 Å². The first-order chi connectivity index (χ1) is 12.6. The fourth-order valence-corrected chi connectivity index (χ4v) is 3.50. The summed E-state index contributed by atoms with van der Waals surface area (Å²) in [5.74, 6) is -0.520. The van der Waals surface area contributed by atoms with Gasteiger partial charge in [0, 0.05) is 12.6 Å². The lowest BCUT2D eigenvalue weighted by molar-refractivity contribution is -0.114. The highest BCUT2D eigenvalue weighted by molar-refractivity contribution is 7.22. The third kappa shape index (κ3) is 3.81. The largest absolute Gasteiger partial charge is 0.465 e. The molecule has 0 aliphatic heterocycles. The summed E-state index contributed by atoms with van der Waals surface area (Å²) in [6.45, 7) is 2.45. The van der Waals surface area contributed by atoms with Gasteiger partial charge in [0.05, 0.1) is 22.9 Å². The molecule has 3 rings (SSSR count). The van der Waals surface area contributed by atoms with Crippen LogP contribution in [0.3, 0.4) is 0 Å². The second-order valence-corrected chi connectivity index (χ2v) is 6.50. The molecule has 0 radical (unpaired) electrons. The molecule has 1 amide bonds. The van der Waals surface area contributed by atoms with E-state index in [1.165, 1.54) is 24.5 Å². The minimum absolute atomic E-state index is 0.136. The van der Waals surface area contributed by atoms with Crippen molar-refractivity contribution in [2.45, 2.75) is 6.92 Å². The predicted molar refractivity (Wildman–Crippen MR) is 104 cm³/mol. The van der Waals surface area contributed by atoms with E-state index in [9.17, 15) is 9.59 Å². The number of para-hydroxylation sites is 1. The van der Waals surface area contributed by atoms with Gasteiger partial charge < -0.3 is 4.74 Å². The maximum absolute atomic E-state index is 12.6. The zero-order chi connectivity index (χ0) is 18.5. The number of carbonyl (C=O) groups is 2. The number of esters is 1. The summed E-state index contributed by atoms with van der Waals surface area (Å²) < 4.78 is 5.72. The Kier molecular flexibility index (Phi) is 5.43. The summed E-state index contributed by atoms with van der Waals surface area (Å²) in [4.78, 5) is 30.2. The zero-order valence-electron chi connectivity index (χ0n) is 14.5. The molecule has 6 heteroatoms.